The number of halogens is 1. The Morgan fingerprint density at radius 3 is 2.40 bits per heavy atom. The average Bonchev–Trinajstić information content (AvgIpc) is 1.95. The second-order valence-corrected chi connectivity index (χ2v) is 2.74. The fourth-order valence-electron chi connectivity index (χ4n) is 0.634. The monoisotopic (exact) mass is 194 g/mol. The molecule has 0 bridgehead atoms. The molecule has 0 unspecified atom stereocenters. The highest BCUT2D eigenvalue weighted by Crippen LogP contribution is 2.10. The Bertz CT molecular complexity index is 245. The molecule has 0 amide bonds. The van der Waals surface area contributed by atoms with Gasteiger partial charge in [-0.2, -0.15) is 5.26 Å². The van der Waals surface area contributed by atoms with E-state index in [1.165, 1.54) is 6.42 Å². The Morgan fingerprint density at radius 2 is 1.90 bits per heavy atom. The molecule has 0 saturated carbocycles. The number of benzene rings is 1. The van der Waals surface area contributed by atoms with E-state index in [-0.39, 0.29) is 0 Å². The van der Waals surface area contributed by atoms with Crippen LogP contribution < -0.4 is 0 Å². The number of rotatable bonds is 1. The van der Waals surface area contributed by atoms with E-state index >= 15 is 0 Å². The Morgan fingerprint density at radius 1 is 1.30 bits per heavy atom. The van der Waals surface area contributed by atoms with Gasteiger partial charge in [-0.3, -0.25) is 0 Å². The van der Waals surface area contributed by atoms with Crippen LogP contribution in [0, 0.1) is 17.8 Å². The summed E-state index contributed by atoms with van der Waals surface area (Å²) in [5.74, 6) is 0. The van der Waals surface area contributed by atoms with Gasteiger partial charge in [0.05, 0.1) is 12.5 Å². The molecule has 0 aromatic heterocycles. The highest BCUT2D eigenvalue weighted by atomic mass is 79.9. The van der Waals surface area contributed by atoms with Crippen LogP contribution in [0.5, 0.6) is 0 Å². The van der Waals surface area contributed by atoms with E-state index in [0.717, 1.165) is 10.0 Å². The Balaban J connectivity index is 2.81. The van der Waals surface area contributed by atoms with Gasteiger partial charge in [-0.05, 0) is 17.7 Å². The lowest BCUT2D eigenvalue weighted by molar-refractivity contribution is 1.45. The molecule has 0 fully saturated rings. The second kappa shape index (κ2) is 3.38. The van der Waals surface area contributed by atoms with Crippen LogP contribution >= 0.6 is 15.9 Å². The molecule has 1 nitrogen and oxygen atoms in total. The molecule has 0 N–H and O–H groups in total. The lowest BCUT2D eigenvalue weighted by atomic mass is 10.2. The van der Waals surface area contributed by atoms with Crippen molar-refractivity contribution >= 4 is 15.9 Å². The highest BCUT2D eigenvalue weighted by Gasteiger charge is 1.89. The van der Waals surface area contributed by atoms with E-state index in [1.807, 2.05) is 30.3 Å². The van der Waals surface area contributed by atoms with Gasteiger partial charge in [0.1, 0.15) is 0 Å². The molecule has 2 heteroatoms. The topological polar surface area (TPSA) is 23.8 Å². The van der Waals surface area contributed by atoms with E-state index in [2.05, 4.69) is 15.9 Å². The van der Waals surface area contributed by atoms with Crippen molar-refractivity contribution in [2.45, 2.75) is 0 Å². The molecule has 1 aromatic carbocycles. The number of hydrogen-bond donors (Lipinski definition) is 0. The summed E-state index contributed by atoms with van der Waals surface area (Å²) in [6.45, 7) is 0. The fourth-order valence-corrected chi connectivity index (χ4v) is 0.898. The zero-order valence-corrected chi connectivity index (χ0v) is 6.80. The molecular weight excluding hydrogens is 190 g/mol. The Labute approximate surface area is 68.4 Å². The summed E-state index contributed by atoms with van der Waals surface area (Å²) < 4.78 is 1.03. The summed E-state index contributed by atoms with van der Waals surface area (Å²) in [5, 5.41) is 8.27. The van der Waals surface area contributed by atoms with Gasteiger partial charge in [0, 0.05) is 4.47 Å². The summed E-state index contributed by atoms with van der Waals surface area (Å²) >= 11 is 3.30. The van der Waals surface area contributed by atoms with Crippen molar-refractivity contribution < 1.29 is 0 Å². The molecule has 1 rings (SSSR count). The molecule has 0 spiro atoms. The molecule has 0 saturated heterocycles. The van der Waals surface area contributed by atoms with Crippen LogP contribution in [0.2, 0.25) is 0 Å². The van der Waals surface area contributed by atoms with Crippen LogP contribution in [0.15, 0.2) is 28.7 Å². The normalized spacial score (nSPS) is 8.80. The molecule has 0 heterocycles. The van der Waals surface area contributed by atoms with Crippen LogP contribution in [-0.2, 0) is 0 Å². The minimum absolute atomic E-state index is 0.936. The van der Waals surface area contributed by atoms with Crippen molar-refractivity contribution in [3.63, 3.8) is 0 Å². The van der Waals surface area contributed by atoms with E-state index in [4.69, 9.17) is 5.26 Å². The Kier molecular flexibility index (Phi) is 2.47. The molecule has 0 aliphatic heterocycles. The molecule has 49 valence electrons. The minimum Gasteiger partial charge on any atom is -0.198 e. The lowest BCUT2D eigenvalue weighted by Gasteiger charge is -1.91. The third-order valence-corrected chi connectivity index (χ3v) is 1.63. The zero-order valence-electron chi connectivity index (χ0n) is 5.21. The largest absolute Gasteiger partial charge is 0.198 e. The first-order valence-electron chi connectivity index (χ1n) is 2.81. The number of nitrogens with zero attached hydrogens (tertiary/aromatic N) is 1. The van der Waals surface area contributed by atoms with E-state index in [0.29, 0.717) is 0 Å². The first-order chi connectivity index (χ1) is 4.83. The van der Waals surface area contributed by atoms with Gasteiger partial charge in [-0.15, -0.1) is 0 Å². The molecule has 1 aromatic rings. The van der Waals surface area contributed by atoms with Crippen LogP contribution in [0.1, 0.15) is 5.56 Å². The average molecular weight is 195 g/mol. The van der Waals surface area contributed by atoms with Crippen molar-refractivity contribution in [3.05, 3.63) is 40.7 Å². The van der Waals surface area contributed by atoms with Crippen molar-refractivity contribution in [3.8, 4) is 6.07 Å². The van der Waals surface area contributed by atoms with Crippen molar-refractivity contribution in [1.82, 2.24) is 0 Å². The predicted octanol–water partition coefficient (Wildman–Crippen LogP) is 2.53. The first kappa shape index (κ1) is 7.30. The summed E-state index contributed by atoms with van der Waals surface area (Å²) in [6.07, 6.45) is 1.51. The summed E-state index contributed by atoms with van der Waals surface area (Å²) in [5.41, 5.74) is 0.936. The summed E-state index contributed by atoms with van der Waals surface area (Å²) in [4.78, 5) is 0. The van der Waals surface area contributed by atoms with Gasteiger partial charge in [0.15, 0.2) is 0 Å². The molecule has 0 atom stereocenters. The van der Waals surface area contributed by atoms with Gasteiger partial charge >= 0.3 is 0 Å². The van der Waals surface area contributed by atoms with E-state index in [9.17, 15) is 0 Å². The third-order valence-electron chi connectivity index (χ3n) is 1.10. The van der Waals surface area contributed by atoms with Crippen molar-refractivity contribution in [1.29, 1.82) is 5.26 Å². The summed E-state index contributed by atoms with van der Waals surface area (Å²) in [6, 6.07) is 9.54. The smallest absolute Gasteiger partial charge is 0.0911 e. The maximum atomic E-state index is 8.27. The second-order valence-electron chi connectivity index (χ2n) is 1.82. The van der Waals surface area contributed by atoms with Crippen LogP contribution in [-0.4, -0.2) is 0 Å². The first-order valence-corrected chi connectivity index (χ1v) is 3.60. The van der Waals surface area contributed by atoms with Gasteiger partial charge in [0.2, 0.25) is 0 Å². The highest BCUT2D eigenvalue weighted by molar-refractivity contribution is 9.10. The maximum absolute atomic E-state index is 8.27. The quantitative estimate of drug-likeness (QED) is 0.675. The number of nitriles is 1. The van der Waals surface area contributed by atoms with E-state index in [1.54, 1.807) is 0 Å². The molecule has 0 aliphatic rings. The predicted molar refractivity (Wildman–Crippen MR) is 43.2 cm³/mol. The molecule has 1 radical (unpaired) electrons. The van der Waals surface area contributed by atoms with Gasteiger partial charge in [-0.1, -0.05) is 28.1 Å². The third kappa shape index (κ3) is 1.85. The van der Waals surface area contributed by atoms with Gasteiger partial charge < -0.3 is 0 Å². The summed E-state index contributed by atoms with van der Waals surface area (Å²) in [7, 11) is 0. The SMILES string of the molecule is N#C[CH]c1ccc(Br)cc1. The molecule has 0 aliphatic carbocycles. The fraction of sp³-hybridized carbons (Fsp3) is 0. The molecule has 10 heavy (non-hydrogen) atoms. The van der Waals surface area contributed by atoms with Crippen molar-refractivity contribution in [2.24, 2.45) is 0 Å². The maximum Gasteiger partial charge on any atom is 0.0911 e. The van der Waals surface area contributed by atoms with Crippen LogP contribution in [0.4, 0.5) is 0 Å². The number of hydrogen-bond acceptors (Lipinski definition) is 1. The Hall–Kier alpha value is -0.810. The van der Waals surface area contributed by atoms with Crippen molar-refractivity contribution in [2.75, 3.05) is 0 Å². The molecular formula is C8H5BrN. The van der Waals surface area contributed by atoms with Gasteiger partial charge in [0.25, 0.3) is 0 Å². The standard InChI is InChI=1S/C8H5BrN/c9-8-3-1-7(2-4-8)5-6-10/h1-5H. The zero-order chi connectivity index (χ0) is 7.40. The van der Waals surface area contributed by atoms with Crippen LogP contribution in [0.25, 0.3) is 0 Å². The lowest BCUT2D eigenvalue weighted by Crippen LogP contribution is -1.75. The minimum atomic E-state index is 0.936. The van der Waals surface area contributed by atoms with E-state index < -0.39 is 0 Å². The van der Waals surface area contributed by atoms with Gasteiger partial charge in [-0.25, -0.2) is 0 Å². The van der Waals surface area contributed by atoms with Crippen LogP contribution in [0.3, 0.4) is 0 Å².